The van der Waals surface area contributed by atoms with Gasteiger partial charge < -0.3 is 10.5 Å². The van der Waals surface area contributed by atoms with E-state index in [-0.39, 0.29) is 18.3 Å². The highest BCUT2D eigenvalue weighted by Crippen LogP contribution is 2.21. The first-order valence-electron chi connectivity index (χ1n) is 4.69. The minimum absolute atomic E-state index is 0.0313. The summed E-state index contributed by atoms with van der Waals surface area (Å²) >= 11 is 5.86. The molecule has 82 valence electrons. The van der Waals surface area contributed by atoms with Crippen LogP contribution in [-0.2, 0) is 9.53 Å². The molecule has 0 spiro atoms. The first kappa shape index (κ1) is 12.0. The molecular weight excluding hydrogens is 214 g/mol. The third-order valence-corrected chi connectivity index (χ3v) is 2.48. The van der Waals surface area contributed by atoms with Crippen molar-refractivity contribution in [3.63, 3.8) is 0 Å². The van der Waals surface area contributed by atoms with Gasteiger partial charge in [0.2, 0.25) is 0 Å². The highest BCUT2D eigenvalue weighted by molar-refractivity contribution is 6.30. The molecule has 3 nitrogen and oxygen atoms in total. The smallest absolute Gasteiger partial charge is 0.306 e. The SMILES string of the molecule is COC(=O)C[C@@H](CN)c1cccc(Cl)c1. The van der Waals surface area contributed by atoms with E-state index >= 15 is 0 Å². The lowest BCUT2D eigenvalue weighted by molar-refractivity contribution is -0.141. The normalized spacial score (nSPS) is 12.2. The van der Waals surface area contributed by atoms with E-state index in [1.807, 2.05) is 18.2 Å². The summed E-state index contributed by atoms with van der Waals surface area (Å²) < 4.78 is 4.61. The van der Waals surface area contributed by atoms with Crippen LogP contribution in [0.2, 0.25) is 5.02 Å². The molecule has 0 fully saturated rings. The number of benzene rings is 1. The summed E-state index contributed by atoms with van der Waals surface area (Å²) in [5.41, 5.74) is 6.57. The molecule has 4 heteroatoms. The number of ether oxygens (including phenoxy) is 1. The predicted octanol–water partition coefficient (Wildman–Crippen LogP) is 1.95. The molecule has 0 saturated carbocycles. The van der Waals surface area contributed by atoms with Crippen molar-refractivity contribution in [2.75, 3.05) is 13.7 Å². The molecule has 0 aliphatic carbocycles. The van der Waals surface area contributed by atoms with Crippen LogP contribution in [0.3, 0.4) is 0 Å². The average molecular weight is 228 g/mol. The topological polar surface area (TPSA) is 52.3 Å². The summed E-state index contributed by atoms with van der Waals surface area (Å²) in [7, 11) is 1.37. The van der Waals surface area contributed by atoms with E-state index in [4.69, 9.17) is 17.3 Å². The van der Waals surface area contributed by atoms with Gasteiger partial charge in [-0.15, -0.1) is 0 Å². The Morgan fingerprint density at radius 1 is 1.60 bits per heavy atom. The first-order valence-corrected chi connectivity index (χ1v) is 5.07. The molecule has 0 unspecified atom stereocenters. The number of rotatable bonds is 4. The molecule has 0 aliphatic rings. The predicted molar refractivity (Wildman–Crippen MR) is 59.9 cm³/mol. The zero-order valence-electron chi connectivity index (χ0n) is 8.57. The number of carbonyl (C=O) groups excluding carboxylic acids is 1. The average Bonchev–Trinajstić information content (AvgIpc) is 2.25. The fourth-order valence-corrected chi connectivity index (χ4v) is 1.58. The van der Waals surface area contributed by atoms with Crippen molar-refractivity contribution in [2.24, 2.45) is 5.73 Å². The minimum atomic E-state index is -0.259. The van der Waals surface area contributed by atoms with E-state index < -0.39 is 0 Å². The lowest BCUT2D eigenvalue weighted by Gasteiger charge is -2.13. The summed E-state index contributed by atoms with van der Waals surface area (Å²) in [5, 5.41) is 0.649. The Hall–Kier alpha value is -1.06. The van der Waals surface area contributed by atoms with Gasteiger partial charge in [-0.05, 0) is 24.2 Å². The van der Waals surface area contributed by atoms with Crippen LogP contribution in [0, 0.1) is 0 Å². The van der Waals surface area contributed by atoms with E-state index in [2.05, 4.69) is 4.74 Å². The molecule has 0 amide bonds. The van der Waals surface area contributed by atoms with E-state index in [1.165, 1.54) is 7.11 Å². The number of halogens is 1. The standard InChI is InChI=1S/C11H14ClNO2/c1-15-11(14)6-9(7-13)8-3-2-4-10(12)5-8/h2-5,9H,6-7,13H2,1H3/t9-/m0/s1. The van der Waals surface area contributed by atoms with Gasteiger partial charge in [0.05, 0.1) is 13.5 Å². The quantitative estimate of drug-likeness (QED) is 0.800. The van der Waals surface area contributed by atoms with Gasteiger partial charge in [-0.2, -0.15) is 0 Å². The van der Waals surface area contributed by atoms with Crippen LogP contribution in [-0.4, -0.2) is 19.6 Å². The van der Waals surface area contributed by atoms with Crippen molar-refractivity contribution in [1.29, 1.82) is 0 Å². The molecular formula is C11H14ClNO2. The second-order valence-corrected chi connectivity index (χ2v) is 3.70. The van der Waals surface area contributed by atoms with Gasteiger partial charge in [-0.1, -0.05) is 23.7 Å². The second-order valence-electron chi connectivity index (χ2n) is 3.27. The van der Waals surface area contributed by atoms with Gasteiger partial charge >= 0.3 is 5.97 Å². The number of methoxy groups -OCH3 is 1. The Morgan fingerprint density at radius 3 is 2.87 bits per heavy atom. The van der Waals surface area contributed by atoms with Crippen molar-refractivity contribution in [2.45, 2.75) is 12.3 Å². The van der Waals surface area contributed by atoms with Crippen molar-refractivity contribution >= 4 is 17.6 Å². The molecule has 1 atom stereocenters. The van der Waals surface area contributed by atoms with Crippen LogP contribution < -0.4 is 5.73 Å². The first-order chi connectivity index (χ1) is 7.17. The van der Waals surface area contributed by atoms with Crippen LogP contribution in [0.1, 0.15) is 17.9 Å². The van der Waals surface area contributed by atoms with Crippen molar-refractivity contribution in [3.8, 4) is 0 Å². The van der Waals surface area contributed by atoms with Gasteiger partial charge in [0.1, 0.15) is 0 Å². The lowest BCUT2D eigenvalue weighted by atomic mass is 9.96. The fraction of sp³-hybridized carbons (Fsp3) is 0.364. The van der Waals surface area contributed by atoms with Gasteiger partial charge in [0.15, 0.2) is 0 Å². The van der Waals surface area contributed by atoms with Crippen LogP contribution in [0.4, 0.5) is 0 Å². The third-order valence-electron chi connectivity index (χ3n) is 2.25. The molecule has 0 aliphatic heterocycles. The van der Waals surface area contributed by atoms with E-state index in [0.717, 1.165) is 5.56 Å². The van der Waals surface area contributed by atoms with Crippen LogP contribution in [0.5, 0.6) is 0 Å². The van der Waals surface area contributed by atoms with Gasteiger partial charge in [-0.3, -0.25) is 4.79 Å². The highest BCUT2D eigenvalue weighted by atomic mass is 35.5. The second kappa shape index (κ2) is 5.73. The summed E-state index contributed by atoms with van der Waals surface area (Å²) in [5.74, 6) is -0.290. The van der Waals surface area contributed by atoms with E-state index in [9.17, 15) is 4.79 Å². The molecule has 0 aromatic heterocycles. The molecule has 15 heavy (non-hydrogen) atoms. The summed E-state index contributed by atoms with van der Waals surface area (Å²) in [6.45, 7) is 0.398. The Balaban J connectivity index is 2.78. The molecule has 1 rings (SSSR count). The molecule has 1 aromatic rings. The fourth-order valence-electron chi connectivity index (χ4n) is 1.38. The molecule has 1 aromatic carbocycles. The zero-order valence-corrected chi connectivity index (χ0v) is 9.33. The molecule has 0 heterocycles. The Bertz CT molecular complexity index is 341. The maximum absolute atomic E-state index is 11.1. The maximum atomic E-state index is 11.1. The highest BCUT2D eigenvalue weighted by Gasteiger charge is 2.14. The van der Waals surface area contributed by atoms with E-state index in [0.29, 0.717) is 11.6 Å². The molecule has 2 N–H and O–H groups in total. The van der Waals surface area contributed by atoms with Crippen molar-refractivity contribution < 1.29 is 9.53 Å². The van der Waals surface area contributed by atoms with Gasteiger partial charge in [0, 0.05) is 10.9 Å². The van der Waals surface area contributed by atoms with Crippen molar-refractivity contribution in [1.82, 2.24) is 0 Å². The number of hydrogen-bond acceptors (Lipinski definition) is 3. The van der Waals surface area contributed by atoms with Crippen molar-refractivity contribution in [3.05, 3.63) is 34.9 Å². The number of hydrogen-bond donors (Lipinski definition) is 1. The monoisotopic (exact) mass is 227 g/mol. The third kappa shape index (κ3) is 3.53. The molecule has 0 radical (unpaired) electrons. The maximum Gasteiger partial charge on any atom is 0.306 e. The number of esters is 1. The Kier molecular flexibility index (Phi) is 4.59. The summed E-state index contributed by atoms with van der Waals surface area (Å²) in [6, 6.07) is 7.36. The minimum Gasteiger partial charge on any atom is -0.469 e. The largest absolute Gasteiger partial charge is 0.469 e. The Morgan fingerprint density at radius 2 is 2.33 bits per heavy atom. The summed E-state index contributed by atoms with van der Waals surface area (Å²) in [4.78, 5) is 11.1. The molecule has 0 bridgehead atoms. The lowest BCUT2D eigenvalue weighted by Crippen LogP contribution is -2.17. The summed E-state index contributed by atoms with van der Waals surface area (Å²) in [6.07, 6.45) is 0.285. The zero-order chi connectivity index (χ0) is 11.3. The van der Waals surface area contributed by atoms with Crippen LogP contribution >= 0.6 is 11.6 Å². The Labute approximate surface area is 94.2 Å². The van der Waals surface area contributed by atoms with E-state index in [1.54, 1.807) is 6.07 Å². The molecule has 0 saturated heterocycles. The van der Waals surface area contributed by atoms with Gasteiger partial charge in [-0.25, -0.2) is 0 Å². The van der Waals surface area contributed by atoms with Gasteiger partial charge in [0.25, 0.3) is 0 Å². The number of carbonyl (C=O) groups is 1. The van der Waals surface area contributed by atoms with Crippen LogP contribution in [0.25, 0.3) is 0 Å². The van der Waals surface area contributed by atoms with Crippen LogP contribution in [0.15, 0.2) is 24.3 Å². The number of nitrogens with two attached hydrogens (primary N) is 1.